The lowest BCUT2D eigenvalue weighted by Gasteiger charge is -2.24. The Morgan fingerprint density at radius 1 is 1.28 bits per heavy atom. The third-order valence-corrected chi connectivity index (χ3v) is 6.61. The number of hydrogen-bond acceptors (Lipinski definition) is 5. The van der Waals surface area contributed by atoms with E-state index in [2.05, 4.69) is 10.4 Å². The van der Waals surface area contributed by atoms with Crippen molar-refractivity contribution in [2.75, 3.05) is 30.3 Å². The predicted octanol–water partition coefficient (Wildman–Crippen LogP) is 2.55. The Labute approximate surface area is 185 Å². The minimum atomic E-state index is -3.64. The van der Waals surface area contributed by atoms with E-state index < -0.39 is 15.8 Å². The van der Waals surface area contributed by atoms with Crippen molar-refractivity contribution in [2.24, 2.45) is 0 Å². The molecule has 8 nitrogen and oxygen atoms in total. The molecule has 1 fully saturated rings. The molecule has 32 heavy (non-hydrogen) atoms. The smallest absolute Gasteiger partial charge is 0.270 e. The van der Waals surface area contributed by atoms with Gasteiger partial charge < -0.3 is 10.4 Å². The zero-order valence-corrected chi connectivity index (χ0v) is 18.7. The predicted molar refractivity (Wildman–Crippen MR) is 120 cm³/mol. The summed E-state index contributed by atoms with van der Waals surface area (Å²) in [4.78, 5) is 13.0. The van der Waals surface area contributed by atoms with E-state index in [0.29, 0.717) is 34.5 Å². The van der Waals surface area contributed by atoms with Crippen molar-refractivity contribution in [3.8, 4) is 5.69 Å². The number of aliphatic hydroxyl groups excluding tert-OH is 1. The Bertz CT molecular complexity index is 1270. The number of carbonyl (C=O) groups is 1. The minimum absolute atomic E-state index is 0.0775. The number of sulfonamides is 1. The average Bonchev–Trinajstić information content (AvgIpc) is 3.51. The molecular weight excluding hydrogens is 435 g/mol. The Morgan fingerprint density at radius 3 is 2.53 bits per heavy atom. The lowest BCUT2D eigenvalue weighted by Crippen LogP contribution is -2.33. The molecule has 0 unspecified atom stereocenters. The SMILES string of the molecule is CCNC(=O)c1c2cc(C3CC3)c(N(CCO)S(C)(=O)=O)cc2nn1-c1ccc(F)cc1. The number of fused-ring (bicyclic) bond motifs is 1. The van der Waals surface area contributed by atoms with Crippen LogP contribution in [0.1, 0.15) is 41.7 Å². The molecule has 170 valence electrons. The first kappa shape index (κ1) is 22.2. The molecule has 0 atom stereocenters. The van der Waals surface area contributed by atoms with E-state index in [1.54, 1.807) is 6.07 Å². The van der Waals surface area contributed by atoms with Crippen molar-refractivity contribution >= 4 is 32.5 Å². The van der Waals surface area contributed by atoms with Crippen LogP contribution in [0.4, 0.5) is 10.1 Å². The number of benzene rings is 2. The van der Waals surface area contributed by atoms with Gasteiger partial charge in [0.25, 0.3) is 5.91 Å². The topological polar surface area (TPSA) is 105 Å². The molecule has 0 aliphatic heterocycles. The maximum Gasteiger partial charge on any atom is 0.270 e. The maximum absolute atomic E-state index is 13.5. The van der Waals surface area contributed by atoms with E-state index in [4.69, 9.17) is 0 Å². The van der Waals surface area contributed by atoms with Gasteiger partial charge in [0, 0.05) is 11.9 Å². The molecule has 0 bridgehead atoms. The largest absolute Gasteiger partial charge is 0.394 e. The zero-order valence-electron chi connectivity index (χ0n) is 17.9. The number of hydrogen-bond donors (Lipinski definition) is 2. The molecule has 2 N–H and O–H groups in total. The second kappa shape index (κ2) is 8.51. The van der Waals surface area contributed by atoms with E-state index in [1.807, 2.05) is 13.0 Å². The lowest BCUT2D eigenvalue weighted by atomic mass is 10.0. The van der Waals surface area contributed by atoms with Crippen LogP contribution in [-0.4, -0.2) is 55.2 Å². The van der Waals surface area contributed by atoms with Crippen LogP contribution in [0.5, 0.6) is 0 Å². The van der Waals surface area contributed by atoms with Crippen LogP contribution < -0.4 is 9.62 Å². The van der Waals surface area contributed by atoms with E-state index in [-0.39, 0.29) is 25.0 Å². The molecule has 0 saturated heterocycles. The van der Waals surface area contributed by atoms with Crippen molar-refractivity contribution in [2.45, 2.75) is 25.7 Å². The first-order valence-corrected chi connectivity index (χ1v) is 12.3. The van der Waals surface area contributed by atoms with Crippen molar-refractivity contribution in [1.82, 2.24) is 15.1 Å². The van der Waals surface area contributed by atoms with Gasteiger partial charge in [0.1, 0.15) is 11.5 Å². The number of amides is 1. The van der Waals surface area contributed by atoms with Crippen molar-refractivity contribution in [3.63, 3.8) is 0 Å². The Hall–Kier alpha value is -2.98. The van der Waals surface area contributed by atoms with Gasteiger partial charge in [0.15, 0.2) is 0 Å². The molecule has 0 spiro atoms. The summed E-state index contributed by atoms with van der Waals surface area (Å²) in [6.07, 6.45) is 2.93. The summed E-state index contributed by atoms with van der Waals surface area (Å²) < 4.78 is 41.0. The third-order valence-electron chi connectivity index (χ3n) is 5.43. The first-order valence-electron chi connectivity index (χ1n) is 10.4. The van der Waals surface area contributed by atoms with Crippen LogP contribution in [0.3, 0.4) is 0 Å². The molecule has 1 aliphatic rings. The summed E-state index contributed by atoms with van der Waals surface area (Å²) in [5.41, 5.74) is 2.51. The summed E-state index contributed by atoms with van der Waals surface area (Å²) in [6.45, 7) is 1.82. The third kappa shape index (κ3) is 4.20. The fourth-order valence-electron chi connectivity index (χ4n) is 3.86. The molecule has 1 aromatic heterocycles. The van der Waals surface area contributed by atoms with E-state index >= 15 is 0 Å². The summed E-state index contributed by atoms with van der Waals surface area (Å²) >= 11 is 0. The number of aliphatic hydroxyl groups is 1. The monoisotopic (exact) mass is 460 g/mol. The quantitative estimate of drug-likeness (QED) is 0.538. The molecule has 3 aromatic rings. The normalized spacial score (nSPS) is 14.0. The molecule has 10 heteroatoms. The summed E-state index contributed by atoms with van der Waals surface area (Å²) in [5.74, 6) is -0.561. The highest BCUT2D eigenvalue weighted by atomic mass is 32.2. The van der Waals surface area contributed by atoms with Gasteiger partial charge in [-0.05, 0) is 67.6 Å². The molecular formula is C22H25FN4O4S. The summed E-state index contributed by atoms with van der Waals surface area (Å²) in [5, 5.41) is 17.4. The van der Waals surface area contributed by atoms with E-state index in [0.717, 1.165) is 24.7 Å². The highest BCUT2D eigenvalue weighted by Crippen LogP contribution is 2.46. The van der Waals surface area contributed by atoms with Gasteiger partial charge in [-0.2, -0.15) is 5.10 Å². The highest BCUT2D eigenvalue weighted by Gasteiger charge is 2.32. The lowest BCUT2D eigenvalue weighted by molar-refractivity contribution is 0.0949. The molecule has 2 aromatic carbocycles. The number of anilines is 1. The van der Waals surface area contributed by atoms with Gasteiger partial charge >= 0.3 is 0 Å². The van der Waals surface area contributed by atoms with Crippen LogP contribution in [0, 0.1) is 5.82 Å². The Balaban J connectivity index is 1.99. The van der Waals surface area contributed by atoms with Crippen LogP contribution in [0.25, 0.3) is 16.6 Å². The Morgan fingerprint density at radius 2 is 1.97 bits per heavy atom. The molecule has 1 heterocycles. The van der Waals surface area contributed by atoms with Gasteiger partial charge in [-0.25, -0.2) is 17.5 Å². The maximum atomic E-state index is 13.5. The molecule has 0 radical (unpaired) electrons. The van der Waals surface area contributed by atoms with Crippen LogP contribution >= 0.6 is 0 Å². The molecule has 1 saturated carbocycles. The fraction of sp³-hybridized carbons (Fsp3) is 0.364. The van der Waals surface area contributed by atoms with Crippen molar-refractivity contribution in [1.29, 1.82) is 0 Å². The average molecular weight is 461 g/mol. The minimum Gasteiger partial charge on any atom is -0.394 e. The second-order valence-corrected chi connectivity index (χ2v) is 9.76. The summed E-state index contributed by atoms with van der Waals surface area (Å²) in [7, 11) is -3.64. The highest BCUT2D eigenvalue weighted by molar-refractivity contribution is 7.92. The van der Waals surface area contributed by atoms with Crippen LogP contribution in [0.2, 0.25) is 0 Å². The number of carbonyl (C=O) groups excluding carboxylic acids is 1. The van der Waals surface area contributed by atoms with Gasteiger partial charge in [-0.3, -0.25) is 9.10 Å². The molecule has 4 rings (SSSR count). The number of rotatable bonds is 8. The second-order valence-electron chi connectivity index (χ2n) is 7.86. The van der Waals surface area contributed by atoms with Crippen molar-refractivity contribution in [3.05, 3.63) is 53.5 Å². The molecule has 1 aliphatic carbocycles. The van der Waals surface area contributed by atoms with E-state index in [9.17, 15) is 22.7 Å². The number of halogens is 1. The van der Waals surface area contributed by atoms with Gasteiger partial charge in [-0.1, -0.05) is 0 Å². The Kier molecular flexibility index (Phi) is 5.91. The standard InChI is InChI=1S/C22H25FN4O4S/c1-3-24-22(29)21-18-12-17(14-4-5-14)20(26(10-11-28)32(2,30)31)13-19(18)25-27(21)16-8-6-15(23)7-9-16/h6-9,12-14,28H,3-5,10-11H2,1-2H3,(H,24,29). The number of nitrogens with one attached hydrogen (secondary N) is 1. The first-order chi connectivity index (χ1) is 15.2. The zero-order chi connectivity index (χ0) is 23.0. The fourth-order valence-corrected chi connectivity index (χ4v) is 4.79. The number of nitrogens with zero attached hydrogens (tertiary/aromatic N) is 3. The van der Waals surface area contributed by atoms with E-state index in [1.165, 1.54) is 33.3 Å². The van der Waals surface area contributed by atoms with Crippen LogP contribution in [0.15, 0.2) is 36.4 Å². The van der Waals surface area contributed by atoms with Gasteiger partial charge in [0.2, 0.25) is 10.0 Å². The van der Waals surface area contributed by atoms with Crippen LogP contribution in [-0.2, 0) is 10.0 Å². The van der Waals surface area contributed by atoms with Crippen molar-refractivity contribution < 1.29 is 22.7 Å². The molecule has 1 amide bonds. The van der Waals surface area contributed by atoms with Gasteiger partial charge in [0.05, 0.1) is 36.3 Å². The van der Waals surface area contributed by atoms with Gasteiger partial charge in [-0.15, -0.1) is 0 Å². The number of aromatic nitrogens is 2. The summed E-state index contributed by atoms with van der Waals surface area (Å²) in [6, 6.07) is 9.12.